The minimum atomic E-state index is 0.264. The predicted molar refractivity (Wildman–Crippen MR) is 54.9 cm³/mol. The van der Waals surface area contributed by atoms with Gasteiger partial charge in [0.1, 0.15) is 0 Å². The first kappa shape index (κ1) is 8.33. The third kappa shape index (κ3) is 1.73. The van der Waals surface area contributed by atoms with Gasteiger partial charge < -0.3 is 10.7 Å². The smallest absolute Gasteiger partial charge is 0.224 e. The van der Waals surface area contributed by atoms with Crippen molar-refractivity contribution in [2.75, 3.05) is 5.73 Å². The van der Waals surface area contributed by atoms with Crippen molar-refractivity contribution in [3.63, 3.8) is 0 Å². The van der Waals surface area contributed by atoms with E-state index in [1.54, 1.807) is 11.3 Å². The summed E-state index contributed by atoms with van der Waals surface area (Å²) in [5, 5.41) is 1.96. The van der Waals surface area contributed by atoms with Gasteiger partial charge in [0.15, 0.2) is 5.82 Å². The quantitative estimate of drug-likeness (QED) is 0.705. The van der Waals surface area contributed by atoms with E-state index >= 15 is 0 Å². The molecule has 0 spiro atoms. The van der Waals surface area contributed by atoms with Crippen LogP contribution < -0.4 is 5.73 Å². The number of aromatic amines is 1. The number of aromatic nitrogens is 3. The first-order chi connectivity index (χ1) is 6.25. The number of anilines is 1. The first-order valence-electron chi connectivity index (χ1n) is 3.53. The van der Waals surface area contributed by atoms with E-state index in [-0.39, 0.29) is 4.77 Å². The summed E-state index contributed by atoms with van der Waals surface area (Å²) < 4.78 is 0.264. The van der Waals surface area contributed by atoms with Gasteiger partial charge in [-0.2, -0.15) is 9.97 Å². The molecule has 2 aromatic heterocycles. The molecular weight excluding hydrogens is 204 g/mol. The Kier molecular flexibility index (Phi) is 2.07. The highest BCUT2D eigenvalue weighted by atomic mass is 32.1. The van der Waals surface area contributed by atoms with Gasteiger partial charge in [0.05, 0.1) is 4.88 Å². The molecule has 6 heteroatoms. The van der Waals surface area contributed by atoms with Gasteiger partial charge in [-0.1, -0.05) is 6.07 Å². The molecule has 0 aliphatic carbocycles. The third-order valence-corrected chi connectivity index (χ3v) is 2.48. The van der Waals surface area contributed by atoms with Crippen LogP contribution in [0.4, 0.5) is 5.95 Å². The Bertz CT molecular complexity index is 460. The molecule has 0 fully saturated rings. The molecule has 66 valence electrons. The molecule has 0 saturated carbocycles. The van der Waals surface area contributed by atoms with E-state index in [1.165, 1.54) is 0 Å². The second-order valence-electron chi connectivity index (χ2n) is 2.34. The zero-order valence-electron chi connectivity index (χ0n) is 6.52. The molecule has 4 nitrogen and oxygen atoms in total. The number of hydrogen-bond donors (Lipinski definition) is 2. The fraction of sp³-hybridized carbons (Fsp3) is 0. The van der Waals surface area contributed by atoms with Crippen LogP contribution in [-0.2, 0) is 0 Å². The van der Waals surface area contributed by atoms with Crippen molar-refractivity contribution >= 4 is 29.5 Å². The molecule has 0 unspecified atom stereocenters. The lowest BCUT2D eigenvalue weighted by Crippen LogP contribution is -1.98. The summed E-state index contributed by atoms with van der Waals surface area (Å²) in [5.74, 6) is 0.968. The minimum absolute atomic E-state index is 0.264. The van der Waals surface area contributed by atoms with Gasteiger partial charge in [0.25, 0.3) is 0 Å². The summed E-state index contributed by atoms with van der Waals surface area (Å²) in [4.78, 5) is 11.7. The molecule has 2 rings (SSSR count). The van der Waals surface area contributed by atoms with E-state index < -0.39 is 0 Å². The SMILES string of the molecule is Nc1nc(=S)nc(-c2cccs2)[nH]1. The maximum absolute atomic E-state index is 5.50. The molecule has 0 aliphatic heterocycles. The summed E-state index contributed by atoms with van der Waals surface area (Å²) in [5.41, 5.74) is 5.50. The van der Waals surface area contributed by atoms with Crippen molar-refractivity contribution < 1.29 is 0 Å². The van der Waals surface area contributed by atoms with E-state index in [9.17, 15) is 0 Å². The molecule has 0 amide bonds. The Morgan fingerprint density at radius 2 is 2.31 bits per heavy atom. The van der Waals surface area contributed by atoms with Crippen LogP contribution in [0.1, 0.15) is 0 Å². The van der Waals surface area contributed by atoms with E-state index in [4.69, 9.17) is 18.0 Å². The summed E-state index contributed by atoms with van der Waals surface area (Å²) >= 11 is 6.41. The second-order valence-corrected chi connectivity index (χ2v) is 3.66. The van der Waals surface area contributed by atoms with Crippen molar-refractivity contribution in [1.29, 1.82) is 0 Å². The van der Waals surface area contributed by atoms with Gasteiger partial charge in [0, 0.05) is 0 Å². The number of rotatable bonds is 1. The number of nitrogens with two attached hydrogens (primary N) is 1. The molecule has 0 atom stereocenters. The highest BCUT2D eigenvalue weighted by Gasteiger charge is 2.01. The summed E-state index contributed by atoms with van der Waals surface area (Å²) in [6.45, 7) is 0. The van der Waals surface area contributed by atoms with Crippen molar-refractivity contribution in [2.24, 2.45) is 0 Å². The molecule has 0 bridgehead atoms. The van der Waals surface area contributed by atoms with E-state index in [0.29, 0.717) is 11.8 Å². The second kappa shape index (κ2) is 3.23. The minimum Gasteiger partial charge on any atom is -0.369 e. The maximum atomic E-state index is 5.50. The van der Waals surface area contributed by atoms with Crippen molar-refractivity contribution in [1.82, 2.24) is 15.0 Å². The molecule has 0 aromatic carbocycles. The Morgan fingerprint density at radius 1 is 1.46 bits per heavy atom. The summed E-state index contributed by atoms with van der Waals surface area (Å²) in [6.07, 6.45) is 0. The van der Waals surface area contributed by atoms with E-state index in [1.807, 2.05) is 17.5 Å². The number of nitrogen functional groups attached to an aromatic ring is 1. The molecule has 0 aliphatic rings. The lowest BCUT2D eigenvalue weighted by Gasteiger charge is -1.97. The van der Waals surface area contributed by atoms with Gasteiger partial charge in [-0.25, -0.2) is 0 Å². The van der Waals surface area contributed by atoms with E-state index in [0.717, 1.165) is 4.88 Å². The molecule has 3 N–H and O–H groups in total. The van der Waals surface area contributed by atoms with Gasteiger partial charge in [-0.15, -0.1) is 11.3 Å². The van der Waals surface area contributed by atoms with Gasteiger partial charge in [-0.05, 0) is 23.7 Å². The summed E-state index contributed by atoms with van der Waals surface area (Å²) in [6, 6.07) is 3.88. The van der Waals surface area contributed by atoms with Crippen LogP contribution >= 0.6 is 23.6 Å². The monoisotopic (exact) mass is 210 g/mol. The van der Waals surface area contributed by atoms with Crippen molar-refractivity contribution in [2.45, 2.75) is 0 Å². The van der Waals surface area contributed by atoms with Crippen LogP contribution in [0.5, 0.6) is 0 Å². The molecule has 0 saturated heterocycles. The van der Waals surface area contributed by atoms with E-state index in [2.05, 4.69) is 15.0 Å². The third-order valence-electron chi connectivity index (χ3n) is 1.42. The topological polar surface area (TPSA) is 67.6 Å². The molecule has 2 heterocycles. The maximum Gasteiger partial charge on any atom is 0.224 e. The molecule has 2 aromatic rings. The fourth-order valence-corrected chi connectivity index (χ4v) is 1.79. The van der Waals surface area contributed by atoms with Gasteiger partial charge in [-0.3, -0.25) is 0 Å². The highest BCUT2D eigenvalue weighted by Crippen LogP contribution is 2.20. The van der Waals surface area contributed by atoms with Crippen LogP contribution in [0.3, 0.4) is 0 Å². The zero-order valence-corrected chi connectivity index (χ0v) is 8.15. The van der Waals surface area contributed by atoms with Gasteiger partial charge in [0.2, 0.25) is 10.7 Å². The number of H-pyrrole nitrogens is 1. The number of nitrogens with zero attached hydrogens (tertiary/aromatic N) is 2. The number of nitrogens with one attached hydrogen (secondary N) is 1. The van der Waals surface area contributed by atoms with Crippen molar-refractivity contribution in [3.05, 3.63) is 22.3 Å². The Balaban J connectivity index is 2.59. The largest absolute Gasteiger partial charge is 0.369 e. The van der Waals surface area contributed by atoms with Crippen LogP contribution in [0.15, 0.2) is 17.5 Å². The van der Waals surface area contributed by atoms with Gasteiger partial charge >= 0.3 is 0 Å². The first-order valence-corrected chi connectivity index (χ1v) is 4.82. The standard InChI is InChI=1S/C7H6N4S2/c8-6-9-5(10-7(12)11-6)4-2-1-3-13-4/h1-3H,(H3,8,9,10,11,12). The molecular formula is C7H6N4S2. The Hall–Kier alpha value is -1.27. The normalized spacial score (nSPS) is 10.2. The molecule has 0 radical (unpaired) electrons. The Morgan fingerprint density at radius 3 is 2.92 bits per heavy atom. The average molecular weight is 210 g/mol. The lowest BCUT2D eigenvalue weighted by atomic mass is 10.4. The van der Waals surface area contributed by atoms with Crippen LogP contribution in [0.2, 0.25) is 0 Å². The van der Waals surface area contributed by atoms with Crippen LogP contribution in [-0.4, -0.2) is 15.0 Å². The Labute approximate surface area is 83.5 Å². The van der Waals surface area contributed by atoms with Crippen LogP contribution in [0, 0.1) is 4.77 Å². The fourth-order valence-electron chi connectivity index (χ4n) is 0.931. The average Bonchev–Trinajstić information content (AvgIpc) is 2.53. The summed E-state index contributed by atoms with van der Waals surface area (Å²) in [7, 11) is 0. The predicted octanol–water partition coefficient (Wildman–Crippen LogP) is 1.84. The molecule has 13 heavy (non-hydrogen) atoms. The lowest BCUT2D eigenvalue weighted by molar-refractivity contribution is 1.05. The van der Waals surface area contributed by atoms with Crippen molar-refractivity contribution in [3.8, 4) is 10.7 Å². The number of thiophene rings is 1. The zero-order chi connectivity index (χ0) is 9.26. The highest BCUT2D eigenvalue weighted by molar-refractivity contribution is 7.71. The van der Waals surface area contributed by atoms with Crippen LogP contribution in [0.25, 0.3) is 10.7 Å². The number of hydrogen-bond acceptors (Lipinski definition) is 5.